The molecule has 0 amide bonds. The molecular formula is C19H31FIN3O2S. The van der Waals surface area contributed by atoms with E-state index in [1.807, 2.05) is 13.8 Å². The Morgan fingerprint density at radius 3 is 2.89 bits per heavy atom. The highest BCUT2D eigenvalue weighted by atomic mass is 127. The van der Waals surface area contributed by atoms with Gasteiger partial charge in [0.05, 0.1) is 6.54 Å². The second kappa shape index (κ2) is 12.5. The Hall–Kier alpha value is -0.900. The average Bonchev–Trinajstić information content (AvgIpc) is 2.64. The second-order valence-electron chi connectivity index (χ2n) is 6.64. The summed E-state index contributed by atoms with van der Waals surface area (Å²) in [7, 11) is 0.997. The molecule has 1 aromatic carbocycles. The number of guanidine groups is 1. The van der Waals surface area contributed by atoms with E-state index in [-0.39, 0.29) is 47.2 Å². The molecule has 0 bridgehead atoms. The largest absolute Gasteiger partial charge is 0.489 e. The lowest BCUT2D eigenvalue weighted by Crippen LogP contribution is -2.48. The molecule has 0 heterocycles. The van der Waals surface area contributed by atoms with Gasteiger partial charge < -0.3 is 15.4 Å². The SMILES string of the molecule is CCS(=O)C1CCCC(NC(=NC)NCC(C)Oc2cccc(F)c2)C1.I. The van der Waals surface area contributed by atoms with E-state index < -0.39 is 10.8 Å². The van der Waals surface area contributed by atoms with Gasteiger partial charge in [0, 0.05) is 41.0 Å². The Kier molecular flexibility index (Phi) is 11.2. The van der Waals surface area contributed by atoms with Crippen molar-refractivity contribution in [3.63, 3.8) is 0 Å². The summed E-state index contributed by atoms with van der Waals surface area (Å²) in [4.78, 5) is 4.27. The molecule has 0 aliphatic heterocycles. The molecule has 0 saturated heterocycles. The number of hydrogen-bond donors (Lipinski definition) is 2. The van der Waals surface area contributed by atoms with Crippen LogP contribution in [0.3, 0.4) is 0 Å². The number of rotatable bonds is 7. The van der Waals surface area contributed by atoms with E-state index in [2.05, 4.69) is 15.6 Å². The van der Waals surface area contributed by atoms with E-state index in [0.717, 1.165) is 31.4 Å². The number of nitrogens with one attached hydrogen (secondary N) is 2. The van der Waals surface area contributed by atoms with E-state index in [1.54, 1.807) is 19.2 Å². The zero-order valence-electron chi connectivity index (χ0n) is 16.2. The minimum atomic E-state index is -0.738. The Labute approximate surface area is 181 Å². The minimum absolute atomic E-state index is 0. The van der Waals surface area contributed by atoms with Crippen molar-refractivity contribution in [3.8, 4) is 5.75 Å². The van der Waals surface area contributed by atoms with Crippen LogP contribution < -0.4 is 15.4 Å². The third-order valence-electron chi connectivity index (χ3n) is 4.54. The molecule has 27 heavy (non-hydrogen) atoms. The van der Waals surface area contributed by atoms with Crippen LogP contribution in [0, 0.1) is 5.82 Å². The summed E-state index contributed by atoms with van der Waals surface area (Å²) in [5, 5.41) is 6.96. The van der Waals surface area contributed by atoms with Crippen molar-refractivity contribution >= 4 is 40.7 Å². The third kappa shape index (κ3) is 8.33. The van der Waals surface area contributed by atoms with Crippen molar-refractivity contribution in [3.05, 3.63) is 30.1 Å². The molecule has 0 aromatic heterocycles. The summed E-state index contributed by atoms with van der Waals surface area (Å²) in [6.07, 6.45) is 3.97. The van der Waals surface area contributed by atoms with Crippen LogP contribution in [0.4, 0.5) is 4.39 Å². The summed E-state index contributed by atoms with van der Waals surface area (Å²) in [5.41, 5.74) is 0. The molecular weight excluding hydrogens is 480 g/mol. The molecule has 1 aliphatic carbocycles. The van der Waals surface area contributed by atoms with Gasteiger partial charge in [0.2, 0.25) is 0 Å². The Morgan fingerprint density at radius 2 is 2.22 bits per heavy atom. The first-order valence-electron chi connectivity index (χ1n) is 9.28. The molecule has 5 nitrogen and oxygen atoms in total. The fourth-order valence-corrected chi connectivity index (χ4v) is 4.54. The fraction of sp³-hybridized carbons (Fsp3) is 0.632. The van der Waals surface area contributed by atoms with E-state index in [9.17, 15) is 8.60 Å². The van der Waals surface area contributed by atoms with Crippen LogP contribution in [0.5, 0.6) is 5.75 Å². The third-order valence-corrected chi connectivity index (χ3v) is 6.28. The van der Waals surface area contributed by atoms with Gasteiger partial charge in [0.1, 0.15) is 17.7 Å². The van der Waals surface area contributed by atoms with Crippen LogP contribution >= 0.6 is 24.0 Å². The molecule has 4 atom stereocenters. The van der Waals surface area contributed by atoms with Gasteiger partial charge in [-0.1, -0.05) is 19.4 Å². The molecule has 2 N–H and O–H groups in total. The van der Waals surface area contributed by atoms with Crippen molar-refractivity contribution < 1.29 is 13.3 Å². The van der Waals surface area contributed by atoms with Crippen molar-refractivity contribution in [2.24, 2.45) is 4.99 Å². The molecule has 1 saturated carbocycles. The monoisotopic (exact) mass is 511 g/mol. The molecule has 1 fully saturated rings. The first-order valence-corrected chi connectivity index (χ1v) is 10.7. The summed E-state index contributed by atoms with van der Waals surface area (Å²) in [5.74, 6) is 1.64. The van der Waals surface area contributed by atoms with Crippen LogP contribution in [0.25, 0.3) is 0 Å². The van der Waals surface area contributed by atoms with Gasteiger partial charge in [-0.3, -0.25) is 9.20 Å². The molecule has 1 aliphatic rings. The number of nitrogens with zero attached hydrogens (tertiary/aromatic N) is 1. The highest BCUT2D eigenvalue weighted by Crippen LogP contribution is 2.23. The Morgan fingerprint density at radius 1 is 1.44 bits per heavy atom. The molecule has 2 rings (SSSR count). The van der Waals surface area contributed by atoms with Crippen molar-refractivity contribution in [1.29, 1.82) is 0 Å². The van der Waals surface area contributed by atoms with E-state index in [1.165, 1.54) is 12.1 Å². The zero-order valence-corrected chi connectivity index (χ0v) is 19.4. The van der Waals surface area contributed by atoms with Crippen LogP contribution in [0.1, 0.15) is 39.5 Å². The molecule has 154 valence electrons. The highest BCUT2D eigenvalue weighted by molar-refractivity contribution is 14.0. The van der Waals surface area contributed by atoms with E-state index in [4.69, 9.17) is 4.74 Å². The standard InChI is InChI=1S/C19H30FN3O2S.HI/c1-4-26(24)18-10-6-8-16(12-18)23-19(21-3)22-13-14(2)25-17-9-5-7-15(20)11-17;/h5,7,9,11,14,16,18H,4,6,8,10,12-13H2,1-3H3,(H2,21,22,23);1H. The maximum Gasteiger partial charge on any atom is 0.191 e. The van der Waals surface area contributed by atoms with Crippen molar-refractivity contribution in [2.75, 3.05) is 19.3 Å². The molecule has 0 spiro atoms. The predicted molar refractivity (Wildman–Crippen MR) is 121 cm³/mol. The van der Waals surface area contributed by atoms with E-state index in [0.29, 0.717) is 18.3 Å². The lowest BCUT2D eigenvalue weighted by molar-refractivity contribution is 0.222. The highest BCUT2D eigenvalue weighted by Gasteiger charge is 2.26. The van der Waals surface area contributed by atoms with Gasteiger partial charge in [-0.2, -0.15) is 0 Å². The molecule has 4 unspecified atom stereocenters. The topological polar surface area (TPSA) is 62.7 Å². The smallest absolute Gasteiger partial charge is 0.191 e. The lowest BCUT2D eigenvalue weighted by Gasteiger charge is -2.30. The maximum atomic E-state index is 13.2. The fourth-order valence-electron chi connectivity index (χ4n) is 3.19. The minimum Gasteiger partial charge on any atom is -0.489 e. The normalized spacial score (nSPS) is 22.3. The second-order valence-corrected chi connectivity index (χ2v) is 8.64. The molecule has 8 heteroatoms. The maximum absolute atomic E-state index is 13.2. The summed E-state index contributed by atoms with van der Waals surface area (Å²) >= 11 is 0. The van der Waals surface area contributed by atoms with Gasteiger partial charge in [-0.15, -0.1) is 24.0 Å². The van der Waals surface area contributed by atoms with E-state index >= 15 is 0 Å². The van der Waals surface area contributed by atoms with Gasteiger partial charge in [0.25, 0.3) is 0 Å². The van der Waals surface area contributed by atoms with Crippen LogP contribution in [0.15, 0.2) is 29.3 Å². The van der Waals surface area contributed by atoms with Gasteiger partial charge in [-0.05, 0) is 38.3 Å². The van der Waals surface area contributed by atoms with Crippen LogP contribution in [-0.4, -0.2) is 46.9 Å². The Balaban J connectivity index is 0.00000364. The van der Waals surface area contributed by atoms with Gasteiger partial charge >= 0.3 is 0 Å². The lowest BCUT2D eigenvalue weighted by atomic mass is 9.95. The predicted octanol–water partition coefficient (Wildman–Crippen LogP) is 3.46. The average molecular weight is 511 g/mol. The zero-order chi connectivity index (χ0) is 18.9. The van der Waals surface area contributed by atoms with Crippen molar-refractivity contribution in [1.82, 2.24) is 10.6 Å². The number of ether oxygens (including phenoxy) is 1. The first-order chi connectivity index (χ1) is 12.5. The summed E-state index contributed by atoms with van der Waals surface area (Å²) in [6.45, 7) is 4.45. The molecule has 0 radical (unpaired) electrons. The number of hydrogen-bond acceptors (Lipinski definition) is 3. The summed E-state index contributed by atoms with van der Waals surface area (Å²) in [6, 6.07) is 6.42. The van der Waals surface area contributed by atoms with Crippen LogP contribution in [-0.2, 0) is 10.8 Å². The number of halogens is 2. The molecule has 1 aromatic rings. The van der Waals surface area contributed by atoms with Gasteiger partial charge in [0.15, 0.2) is 5.96 Å². The van der Waals surface area contributed by atoms with Crippen LogP contribution in [0.2, 0.25) is 0 Å². The van der Waals surface area contributed by atoms with Gasteiger partial charge in [-0.25, -0.2) is 4.39 Å². The Bertz CT molecular complexity index is 633. The van der Waals surface area contributed by atoms with Crippen molar-refractivity contribution in [2.45, 2.75) is 56.9 Å². The number of benzene rings is 1. The number of aliphatic imine (C=N–C) groups is 1. The first kappa shape index (κ1) is 24.1. The quantitative estimate of drug-likeness (QED) is 0.335. The summed E-state index contributed by atoms with van der Waals surface area (Å²) < 4.78 is 31.0.